The third-order valence-corrected chi connectivity index (χ3v) is 4.79. The molecule has 20 heavy (non-hydrogen) atoms. The van der Waals surface area contributed by atoms with Crippen LogP contribution >= 0.6 is 38.9 Å². The van der Waals surface area contributed by atoms with Gasteiger partial charge >= 0.3 is 0 Å². The first kappa shape index (κ1) is 14.0. The highest BCUT2D eigenvalue weighted by atomic mass is 79.9. The lowest BCUT2D eigenvalue weighted by atomic mass is 10.4. The number of pyridine rings is 1. The van der Waals surface area contributed by atoms with Crippen LogP contribution in [0.5, 0.6) is 0 Å². The minimum atomic E-state index is 0.361. The minimum absolute atomic E-state index is 0.361. The summed E-state index contributed by atoms with van der Waals surface area (Å²) in [5.74, 6) is 1.18. The highest BCUT2D eigenvalue weighted by Gasteiger charge is 2.13. The monoisotopic (exact) mass is 370 g/mol. The predicted molar refractivity (Wildman–Crippen MR) is 85.4 cm³/mol. The molecule has 0 radical (unpaired) electrons. The van der Waals surface area contributed by atoms with Crippen LogP contribution in [0.1, 0.15) is 22.6 Å². The summed E-state index contributed by atoms with van der Waals surface area (Å²) in [5.41, 5.74) is 1.69. The van der Waals surface area contributed by atoms with Crippen LogP contribution < -0.4 is 0 Å². The summed E-state index contributed by atoms with van der Waals surface area (Å²) in [5, 5.41) is 1.05. The fraction of sp³-hybridized carbons (Fsp3) is 0.308. The number of thiazole rings is 1. The minimum Gasteiger partial charge on any atom is -0.305 e. The molecule has 3 aromatic heterocycles. The van der Waals surface area contributed by atoms with Crippen LogP contribution in [0, 0.1) is 0 Å². The molecule has 0 bridgehead atoms. The third-order valence-electron chi connectivity index (χ3n) is 2.99. The number of nitrogens with zero attached hydrogens (tertiary/aromatic N) is 4. The number of alkyl halides is 1. The molecule has 0 saturated carbocycles. The van der Waals surface area contributed by atoms with Crippen LogP contribution in [0.3, 0.4) is 0 Å². The second-order valence-electron chi connectivity index (χ2n) is 4.32. The van der Waals surface area contributed by atoms with E-state index in [1.165, 1.54) is 4.88 Å². The zero-order valence-corrected chi connectivity index (χ0v) is 14.0. The van der Waals surface area contributed by atoms with E-state index in [1.807, 2.05) is 16.8 Å². The Labute approximate surface area is 134 Å². The molecule has 0 aliphatic rings. The van der Waals surface area contributed by atoms with Gasteiger partial charge in [0.2, 0.25) is 0 Å². The van der Waals surface area contributed by atoms with Gasteiger partial charge in [-0.3, -0.25) is 0 Å². The van der Waals surface area contributed by atoms with Gasteiger partial charge in [-0.15, -0.1) is 22.9 Å². The van der Waals surface area contributed by atoms with Crippen molar-refractivity contribution in [2.75, 3.05) is 0 Å². The van der Waals surface area contributed by atoms with Crippen molar-refractivity contribution in [2.24, 2.45) is 0 Å². The summed E-state index contributed by atoms with van der Waals surface area (Å²) in [6, 6.07) is 1.95. The SMILES string of the molecule is CCc1cnc(Cn2c(CCl)nc3cc(Br)cnc32)s1. The summed E-state index contributed by atoms with van der Waals surface area (Å²) in [6.07, 6.45) is 4.72. The second kappa shape index (κ2) is 5.79. The quantitative estimate of drug-likeness (QED) is 0.651. The molecule has 4 nitrogen and oxygen atoms in total. The Hall–Kier alpha value is -0.980. The number of aromatic nitrogens is 4. The van der Waals surface area contributed by atoms with Gasteiger partial charge in [-0.2, -0.15) is 0 Å². The molecule has 7 heteroatoms. The van der Waals surface area contributed by atoms with E-state index in [2.05, 4.69) is 37.8 Å². The molecule has 0 saturated heterocycles. The van der Waals surface area contributed by atoms with Crippen molar-refractivity contribution in [1.29, 1.82) is 0 Å². The molecular weight excluding hydrogens is 360 g/mol. The molecule has 0 amide bonds. The molecule has 0 spiro atoms. The van der Waals surface area contributed by atoms with Crippen molar-refractivity contribution in [2.45, 2.75) is 25.8 Å². The number of fused-ring (bicyclic) bond motifs is 1. The average Bonchev–Trinajstić information content (AvgIpc) is 3.03. The van der Waals surface area contributed by atoms with E-state index in [0.29, 0.717) is 12.4 Å². The van der Waals surface area contributed by atoms with E-state index < -0.39 is 0 Å². The predicted octanol–water partition coefficient (Wildman–Crippen LogP) is 4.00. The number of halogens is 2. The van der Waals surface area contributed by atoms with E-state index >= 15 is 0 Å². The molecule has 3 heterocycles. The zero-order chi connectivity index (χ0) is 14.1. The van der Waals surface area contributed by atoms with Crippen molar-refractivity contribution < 1.29 is 0 Å². The Morgan fingerprint density at radius 3 is 2.90 bits per heavy atom. The van der Waals surface area contributed by atoms with Crippen molar-refractivity contribution >= 4 is 50.0 Å². The molecule has 0 aliphatic carbocycles. The molecule has 0 aromatic carbocycles. The van der Waals surface area contributed by atoms with Gasteiger partial charge in [-0.25, -0.2) is 15.0 Å². The standard InChI is InChI=1S/C13H12BrClN4S/c1-2-9-6-16-12(20-9)7-19-11(4-15)18-10-3-8(14)5-17-13(10)19/h3,5-6H,2,4,7H2,1H3. The largest absolute Gasteiger partial charge is 0.305 e. The van der Waals surface area contributed by atoms with Crippen molar-refractivity contribution in [3.8, 4) is 0 Å². The van der Waals surface area contributed by atoms with Crippen molar-refractivity contribution in [1.82, 2.24) is 19.5 Å². The maximum atomic E-state index is 6.00. The molecule has 0 N–H and O–H groups in total. The van der Waals surface area contributed by atoms with Gasteiger partial charge in [0.25, 0.3) is 0 Å². The maximum absolute atomic E-state index is 6.00. The van der Waals surface area contributed by atoms with Gasteiger partial charge < -0.3 is 4.57 Å². The Balaban J connectivity index is 2.04. The molecule has 0 atom stereocenters. The third kappa shape index (κ3) is 2.60. The van der Waals surface area contributed by atoms with E-state index in [4.69, 9.17) is 11.6 Å². The Morgan fingerprint density at radius 2 is 2.20 bits per heavy atom. The first-order valence-electron chi connectivity index (χ1n) is 6.21. The molecule has 3 aromatic rings. The lowest BCUT2D eigenvalue weighted by Gasteiger charge is -2.04. The number of aryl methyl sites for hydroxylation is 1. The highest BCUT2D eigenvalue weighted by molar-refractivity contribution is 9.10. The smallest absolute Gasteiger partial charge is 0.160 e. The summed E-state index contributed by atoms with van der Waals surface area (Å²) in [7, 11) is 0. The van der Waals surface area contributed by atoms with Gasteiger partial charge in [-0.1, -0.05) is 6.92 Å². The number of hydrogen-bond donors (Lipinski definition) is 0. The topological polar surface area (TPSA) is 43.6 Å². The fourth-order valence-electron chi connectivity index (χ4n) is 2.02. The van der Waals surface area contributed by atoms with Crippen LogP contribution in [0.4, 0.5) is 0 Å². The normalized spacial score (nSPS) is 11.3. The Bertz CT molecular complexity index is 752. The first-order valence-corrected chi connectivity index (χ1v) is 8.36. The average molecular weight is 372 g/mol. The fourth-order valence-corrected chi connectivity index (χ4v) is 3.40. The molecule has 104 valence electrons. The van der Waals surface area contributed by atoms with Crippen LogP contribution in [0.2, 0.25) is 0 Å². The lowest BCUT2D eigenvalue weighted by Crippen LogP contribution is -2.04. The lowest BCUT2D eigenvalue weighted by molar-refractivity contribution is 0.765. The van der Waals surface area contributed by atoms with Gasteiger partial charge in [0.05, 0.1) is 12.4 Å². The molecule has 0 unspecified atom stereocenters. The molecule has 0 fully saturated rings. The van der Waals surface area contributed by atoms with Crippen LogP contribution in [0.15, 0.2) is 22.9 Å². The van der Waals surface area contributed by atoms with Crippen molar-refractivity contribution in [3.63, 3.8) is 0 Å². The van der Waals surface area contributed by atoms with Crippen LogP contribution in [-0.2, 0) is 18.8 Å². The molecular formula is C13H12BrClN4S. The second-order valence-corrected chi connectivity index (χ2v) is 6.70. The van der Waals surface area contributed by atoms with E-state index in [0.717, 1.165) is 32.9 Å². The highest BCUT2D eigenvalue weighted by Crippen LogP contribution is 2.22. The molecule has 0 aliphatic heterocycles. The summed E-state index contributed by atoms with van der Waals surface area (Å²) < 4.78 is 2.95. The van der Waals surface area contributed by atoms with E-state index in [1.54, 1.807) is 17.5 Å². The number of imidazole rings is 1. The maximum Gasteiger partial charge on any atom is 0.160 e. The van der Waals surface area contributed by atoms with E-state index in [-0.39, 0.29) is 0 Å². The Kier molecular flexibility index (Phi) is 4.05. The van der Waals surface area contributed by atoms with Gasteiger partial charge in [-0.05, 0) is 28.4 Å². The Morgan fingerprint density at radius 1 is 1.35 bits per heavy atom. The van der Waals surface area contributed by atoms with Gasteiger partial charge in [0.1, 0.15) is 16.3 Å². The number of rotatable bonds is 4. The van der Waals surface area contributed by atoms with Crippen LogP contribution in [-0.4, -0.2) is 19.5 Å². The van der Waals surface area contributed by atoms with E-state index in [9.17, 15) is 0 Å². The first-order chi connectivity index (χ1) is 9.71. The van der Waals surface area contributed by atoms with Gasteiger partial charge in [0.15, 0.2) is 5.65 Å². The van der Waals surface area contributed by atoms with Gasteiger partial charge in [0, 0.05) is 21.7 Å². The number of hydrogen-bond acceptors (Lipinski definition) is 4. The summed E-state index contributed by atoms with van der Waals surface area (Å²) in [4.78, 5) is 14.7. The molecule has 3 rings (SSSR count). The summed E-state index contributed by atoms with van der Waals surface area (Å²) >= 11 is 11.1. The summed E-state index contributed by atoms with van der Waals surface area (Å²) in [6.45, 7) is 2.80. The zero-order valence-electron chi connectivity index (χ0n) is 10.8. The van der Waals surface area contributed by atoms with Crippen molar-refractivity contribution in [3.05, 3.63) is 38.6 Å². The van der Waals surface area contributed by atoms with Crippen LogP contribution in [0.25, 0.3) is 11.2 Å².